The minimum absolute atomic E-state index is 0.0458. The van der Waals surface area contributed by atoms with Gasteiger partial charge in [0.25, 0.3) is 0 Å². The Morgan fingerprint density at radius 3 is 2.30 bits per heavy atom. The number of nitrogens with zero attached hydrogens (tertiary/aromatic N) is 3. The Bertz CT molecular complexity index is 3090. The molecule has 10 aromatic rings. The van der Waals surface area contributed by atoms with Crippen LogP contribution in [0.25, 0.3) is 88.2 Å². The molecule has 0 radical (unpaired) electrons. The van der Waals surface area contributed by atoms with Gasteiger partial charge in [0, 0.05) is 62.1 Å². The number of rotatable bonds is 0. The van der Waals surface area contributed by atoms with Crippen molar-refractivity contribution in [3.8, 4) is 22.5 Å². The minimum Gasteiger partial charge on any atom is -0.454 e. The monoisotopic (exact) mass is 641 g/mol. The highest BCUT2D eigenvalue weighted by atomic mass is 16.3. The molecule has 0 amide bonds. The number of benzene rings is 5. The molecule has 0 saturated carbocycles. The van der Waals surface area contributed by atoms with E-state index in [-0.39, 0.29) is 12.0 Å². The van der Waals surface area contributed by atoms with Crippen LogP contribution in [0.5, 0.6) is 0 Å². The van der Waals surface area contributed by atoms with E-state index < -0.39 is 0 Å². The summed E-state index contributed by atoms with van der Waals surface area (Å²) in [6.45, 7) is 4.88. The highest BCUT2D eigenvalue weighted by molar-refractivity contribution is 6.28. The molecule has 5 aromatic heterocycles. The molecule has 12 rings (SSSR count). The first-order valence-corrected chi connectivity index (χ1v) is 17.6. The van der Waals surface area contributed by atoms with Crippen LogP contribution in [0.3, 0.4) is 0 Å². The SMILES string of the molecule is C=C1C2C(CCc3ccccc3-c3cccc[n+]31)c1cc3c(cc1-c1cccc[n+]12)c1cccc2c4ccc5c6ccccc6oc5c4n3c12. The van der Waals surface area contributed by atoms with Crippen molar-refractivity contribution in [1.82, 2.24) is 4.40 Å². The molecule has 5 aromatic carbocycles. The predicted octanol–water partition coefficient (Wildman–Crippen LogP) is 10.4. The van der Waals surface area contributed by atoms with Crippen molar-refractivity contribution in [1.29, 1.82) is 0 Å². The fourth-order valence-corrected chi connectivity index (χ4v) is 9.67. The molecule has 0 N–H and O–H groups in total. The van der Waals surface area contributed by atoms with Crippen molar-refractivity contribution >= 4 is 65.7 Å². The molecule has 50 heavy (non-hydrogen) atoms. The number of furan rings is 1. The van der Waals surface area contributed by atoms with Gasteiger partial charge in [-0.3, -0.25) is 0 Å². The van der Waals surface area contributed by atoms with Gasteiger partial charge in [-0.25, -0.2) is 0 Å². The maximum Gasteiger partial charge on any atom is 0.249 e. The van der Waals surface area contributed by atoms with E-state index in [1.165, 1.54) is 66.2 Å². The summed E-state index contributed by atoms with van der Waals surface area (Å²) in [4.78, 5) is 0. The van der Waals surface area contributed by atoms with Gasteiger partial charge < -0.3 is 8.82 Å². The van der Waals surface area contributed by atoms with Crippen molar-refractivity contribution in [2.45, 2.75) is 24.8 Å². The molecule has 0 spiro atoms. The Kier molecular flexibility index (Phi) is 5.04. The number of pyridine rings is 2. The summed E-state index contributed by atoms with van der Waals surface area (Å²) in [5, 5.41) is 7.37. The average Bonchev–Trinajstić information content (AvgIpc) is 3.83. The Balaban J connectivity index is 1.20. The number of allylic oxidation sites excluding steroid dienone is 1. The van der Waals surface area contributed by atoms with E-state index in [9.17, 15) is 0 Å². The van der Waals surface area contributed by atoms with E-state index in [4.69, 9.17) is 11.0 Å². The van der Waals surface area contributed by atoms with Gasteiger partial charge in [-0.15, -0.1) is 0 Å². The third-order valence-electron chi connectivity index (χ3n) is 11.8. The molecule has 2 atom stereocenters. The van der Waals surface area contributed by atoms with Crippen molar-refractivity contribution in [3.63, 3.8) is 0 Å². The van der Waals surface area contributed by atoms with Gasteiger partial charge in [-0.1, -0.05) is 60.7 Å². The van der Waals surface area contributed by atoms with E-state index in [1.54, 1.807) is 0 Å². The van der Waals surface area contributed by atoms with Crippen LogP contribution < -0.4 is 9.13 Å². The second-order valence-electron chi connectivity index (χ2n) is 14.1. The van der Waals surface area contributed by atoms with E-state index in [1.807, 2.05) is 0 Å². The topological polar surface area (TPSA) is 25.3 Å². The first kappa shape index (κ1) is 26.7. The maximum absolute atomic E-state index is 6.71. The molecule has 2 aliphatic heterocycles. The van der Waals surface area contributed by atoms with Crippen molar-refractivity contribution in [2.75, 3.05) is 0 Å². The molecule has 4 heteroatoms. The van der Waals surface area contributed by atoms with Crippen molar-refractivity contribution < 1.29 is 13.6 Å². The smallest absolute Gasteiger partial charge is 0.249 e. The molecule has 0 aliphatic carbocycles. The number of hydrogen-bond acceptors (Lipinski definition) is 1. The lowest BCUT2D eigenvalue weighted by Crippen LogP contribution is -2.53. The quantitative estimate of drug-likeness (QED) is 0.151. The lowest BCUT2D eigenvalue weighted by atomic mass is 9.78. The predicted molar refractivity (Wildman–Crippen MR) is 202 cm³/mol. The largest absolute Gasteiger partial charge is 0.454 e. The highest BCUT2D eigenvalue weighted by Gasteiger charge is 2.47. The lowest BCUT2D eigenvalue weighted by Gasteiger charge is -2.29. The number of aromatic nitrogens is 3. The zero-order chi connectivity index (χ0) is 32.7. The Labute approximate surface area is 287 Å². The summed E-state index contributed by atoms with van der Waals surface area (Å²) in [6.07, 6.45) is 6.44. The molecule has 0 saturated heterocycles. The Morgan fingerprint density at radius 2 is 1.36 bits per heavy atom. The summed E-state index contributed by atoms with van der Waals surface area (Å²) in [6, 6.07) is 46.8. The van der Waals surface area contributed by atoms with Gasteiger partial charge in [0.1, 0.15) is 5.58 Å². The number of para-hydroxylation sites is 2. The van der Waals surface area contributed by atoms with Crippen molar-refractivity contribution in [3.05, 3.63) is 157 Å². The van der Waals surface area contributed by atoms with Gasteiger partial charge in [0.2, 0.25) is 23.1 Å². The zero-order valence-corrected chi connectivity index (χ0v) is 27.3. The van der Waals surface area contributed by atoms with Gasteiger partial charge >= 0.3 is 0 Å². The van der Waals surface area contributed by atoms with Crippen LogP contribution in [0.1, 0.15) is 29.5 Å². The maximum atomic E-state index is 6.71. The second-order valence-corrected chi connectivity index (χ2v) is 14.1. The molecule has 0 fully saturated rings. The highest BCUT2D eigenvalue weighted by Crippen LogP contribution is 2.49. The molecule has 234 valence electrons. The van der Waals surface area contributed by atoms with Gasteiger partial charge in [0.15, 0.2) is 18.0 Å². The molecule has 4 nitrogen and oxygen atoms in total. The first-order chi connectivity index (χ1) is 24.7. The summed E-state index contributed by atoms with van der Waals surface area (Å²) < 4.78 is 14.0. The number of fused-ring (bicyclic) bond motifs is 19. The lowest BCUT2D eigenvalue weighted by molar-refractivity contribution is -0.727. The van der Waals surface area contributed by atoms with Gasteiger partial charge in [-0.2, -0.15) is 9.13 Å². The summed E-state index contributed by atoms with van der Waals surface area (Å²) in [5.41, 5.74) is 14.4. The van der Waals surface area contributed by atoms with Crippen LogP contribution in [0.15, 0.2) is 151 Å². The second kappa shape index (κ2) is 9.46. The summed E-state index contributed by atoms with van der Waals surface area (Å²) in [5.74, 6) is 0.210. The fraction of sp³-hybridized carbons (Fsp3) is 0.0870. The van der Waals surface area contributed by atoms with Crippen LogP contribution in [-0.2, 0) is 6.42 Å². The van der Waals surface area contributed by atoms with Crippen molar-refractivity contribution in [2.24, 2.45) is 0 Å². The third kappa shape index (κ3) is 3.26. The third-order valence-corrected chi connectivity index (χ3v) is 11.8. The normalized spacial score (nSPS) is 17.1. The molecule has 0 bridgehead atoms. The van der Waals surface area contributed by atoms with Crippen LogP contribution in [0.4, 0.5) is 0 Å². The van der Waals surface area contributed by atoms with Crippen LogP contribution >= 0.6 is 0 Å². The van der Waals surface area contributed by atoms with Crippen LogP contribution in [0.2, 0.25) is 0 Å². The number of hydrogen-bond donors (Lipinski definition) is 0. The minimum atomic E-state index is 0.0458. The van der Waals surface area contributed by atoms with Crippen LogP contribution in [0, 0.1) is 0 Å². The summed E-state index contributed by atoms with van der Waals surface area (Å²) in [7, 11) is 0. The molecular formula is C46H31N3O+2. The standard InChI is InChI=1S/C46H31N3O/c1-27-43-34(20-19-28-11-2-3-12-29(28)39-16-6-8-23-47(27)39)36-26-41-37(25-38(36)40-17-7-9-24-48(40)43)32-15-10-14-31-33-21-22-35-30-13-4-5-18-42(30)50-46(35)45(33)49(41)44(31)32/h2-18,21-26,34,43H,1,19-20H2/q+2. The number of aryl methyl sites for hydroxylation is 1. The van der Waals surface area contributed by atoms with E-state index in [0.29, 0.717) is 0 Å². The van der Waals surface area contributed by atoms with Gasteiger partial charge in [0.05, 0.1) is 28.0 Å². The zero-order valence-electron chi connectivity index (χ0n) is 27.3. The summed E-state index contributed by atoms with van der Waals surface area (Å²) >= 11 is 0. The van der Waals surface area contributed by atoms with E-state index in [2.05, 4.69) is 153 Å². The van der Waals surface area contributed by atoms with Crippen LogP contribution in [-0.4, -0.2) is 4.40 Å². The fourth-order valence-electron chi connectivity index (χ4n) is 9.67. The Morgan fingerprint density at radius 1 is 0.620 bits per heavy atom. The average molecular weight is 642 g/mol. The molecule has 2 unspecified atom stereocenters. The van der Waals surface area contributed by atoms with Gasteiger partial charge in [-0.05, 0) is 73.0 Å². The van der Waals surface area contributed by atoms with E-state index in [0.717, 1.165) is 46.0 Å². The first-order valence-electron chi connectivity index (χ1n) is 17.6. The molecule has 7 heterocycles. The molecule has 2 aliphatic rings. The van der Waals surface area contributed by atoms with E-state index >= 15 is 0 Å². The Hall–Kier alpha value is -6.26. The molecular weight excluding hydrogens is 611 g/mol.